The van der Waals surface area contributed by atoms with Crippen LogP contribution in [-0.2, 0) is 11.2 Å². The minimum absolute atomic E-state index is 0.313. The van der Waals surface area contributed by atoms with E-state index in [4.69, 9.17) is 0 Å². The van der Waals surface area contributed by atoms with E-state index in [9.17, 15) is 4.79 Å². The predicted octanol–water partition coefficient (Wildman–Crippen LogP) is 3.09. The van der Waals surface area contributed by atoms with Crippen LogP contribution in [0.4, 0.5) is 0 Å². The molecule has 1 heterocycles. The lowest BCUT2D eigenvalue weighted by atomic mass is 9.83. The first kappa shape index (κ1) is 15.8. The van der Waals surface area contributed by atoms with E-state index in [0.29, 0.717) is 12.2 Å². The van der Waals surface area contributed by atoms with E-state index in [0.717, 1.165) is 31.5 Å². The molecule has 0 aliphatic heterocycles. The van der Waals surface area contributed by atoms with Crippen LogP contribution in [0.15, 0.2) is 24.5 Å². The zero-order chi connectivity index (χ0) is 14.3. The molecule has 106 valence electrons. The van der Waals surface area contributed by atoms with Gasteiger partial charge >= 0.3 is 0 Å². The molecular weight excluding hydrogens is 236 g/mol. The van der Waals surface area contributed by atoms with E-state index >= 15 is 0 Å². The third kappa shape index (κ3) is 3.41. The number of Topliss-reactive ketones (excluding diaryl/α,β-unsaturated/α-hetero) is 1. The molecule has 0 aliphatic rings. The molecule has 0 bridgehead atoms. The Kier molecular flexibility index (Phi) is 6.16. The first-order valence-corrected chi connectivity index (χ1v) is 7.31. The molecule has 19 heavy (non-hydrogen) atoms. The number of hydrogen-bond donors (Lipinski definition) is 0. The largest absolute Gasteiger partial charge is 0.297 e. The highest BCUT2D eigenvalue weighted by atomic mass is 16.1. The van der Waals surface area contributed by atoms with Crippen molar-refractivity contribution < 1.29 is 4.79 Å². The van der Waals surface area contributed by atoms with Crippen molar-refractivity contribution in [1.29, 1.82) is 0 Å². The summed E-state index contributed by atoms with van der Waals surface area (Å²) in [4.78, 5) is 19.1. The Labute approximate surface area is 117 Å². The summed E-state index contributed by atoms with van der Waals surface area (Å²) in [5.41, 5.74) is 0.741. The fourth-order valence-corrected chi connectivity index (χ4v) is 2.95. The zero-order valence-electron chi connectivity index (χ0n) is 12.6. The van der Waals surface area contributed by atoms with Crippen LogP contribution in [0.25, 0.3) is 0 Å². The van der Waals surface area contributed by atoms with E-state index in [1.165, 1.54) is 0 Å². The van der Waals surface area contributed by atoms with Crippen molar-refractivity contribution in [2.24, 2.45) is 0 Å². The van der Waals surface area contributed by atoms with Gasteiger partial charge < -0.3 is 0 Å². The average Bonchev–Trinajstić information content (AvgIpc) is 2.45. The predicted molar refractivity (Wildman–Crippen MR) is 79.2 cm³/mol. The number of likely N-dealkylation sites (N-methyl/N-ethyl adjacent to an activating group) is 1. The molecule has 0 N–H and O–H groups in total. The molecule has 0 radical (unpaired) electrons. The van der Waals surface area contributed by atoms with Gasteiger partial charge in [0.1, 0.15) is 0 Å². The minimum Gasteiger partial charge on any atom is -0.297 e. The Bertz CT molecular complexity index is 381. The van der Waals surface area contributed by atoms with Crippen LogP contribution in [0, 0.1) is 0 Å². The van der Waals surface area contributed by atoms with Gasteiger partial charge in [0.2, 0.25) is 0 Å². The maximum atomic E-state index is 12.8. The standard InChI is InChI=1S/C16H26N2O/c1-5-16(6-2,18(7-3)8-4)15(19)13-14-9-11-17-12-10-14/h9-12H,5-8,13H2,1-4H3. The number of hydrogen-bond acceptors (Lipinski definition) is 3. The van der Waals surface area contributed by atoms with Gasteiger partial charge in [0.15, 0.2) is 5.78 Å². The maximum Gasteiger partial charge on any atom is 0.157 e. The molecule has 0 saturated carbocycles. The number of rotatable bonds is 8. The average molecular weight is 262 g/mol. The van der Waals surface area contributed by atoms with E-state index in [1.54, 1.807) is 12.4 Å². The second-order valence-electron chi connectivity index (χ2n) is 4.87. The SMILES string of the molecule is CCN(CC)C(CC)(CC)C(=O)Cc1ccncc1. The molecule has 1 rings (SSSR count). The van der Waals surface area contributed by atoms with Crippen molar-refractivity contribution >= 4 is 5.78 Å². The molecule has 0 aromatic carbocycles. The van der Waals surface area contributed by atoms with E-state index < -0.39 is 0 Å². The van der Waals surface area contributed by atoms with Crippen molar-refractivity contribution in [2.75, 3.05) is 13.1 Å². The lowest BCUT2D eigenvalue weighted by Crippen LogP contribution is -2.54. The molecule has 0 saturated heterocycles. The molecule has 3 nitrogen and oxygen atoms in total. The molecule has 0 fully saturated rings. The van der Waals surface area contributed by atoms with Gasteiger partial charge in [0.25, 0.3) is 0 Å². The molecular formula is C16H26N2O. The Morgan fingerprint density at radius 1 is 1.11 bits per heavy atom. The molecule has 0 unspecified atom stereocenters. The van der Waals surface area contributed by atoms with Crippen LogP contribution in [0.1, 0.15) is 46.1 Å². The summed E-state index contributed by atoms with van der Waals surface area (Å²) < 4.78 is 0. The van der Waals surface area contributed by atoms with Crippen LogP contribution in [0.5, 0.6) is 0 Å². The van der Waals surface area contributed by atoms with Gasteiger partial charge in [-0.05, 0) is 43.6 Å². The Balaban J connectivity index is 2.95. The lowest BCUT2D eigenvalue weighted by Gasteiger charge is -2.41. The van der Waals surface area contributed by atoms with Gasteiger partial charge in [-0.3, -0.25) is 14.7 Å². The molecule has 0 amide bonds. The fraction of sp³-hybridized carbons (Fsp3) is 0.625. The van der Waals surface area contributed by atoms with Gasteiger partial charge in [0.05, 0.1) is 5.54 Å². The number of aromatic nitrogens is 1. The Morgan fingerprint density at radius 2 is 1.63 bits per heavy atom. The van der Waals surface area contributed by atoms with Crippen LogP contribution in [-0.4, -0.2) is 34.3 Å². The van der Waals surface area contributed by atoms with Crippen LogP contribution < -0.4 is 0 Å². The van der Waals surface area contributed by atoms with Crippen molar-refractivity contribution in [1.82, 2.24) is 9.88 Å². The second-order valence-corrected chi connectivity index (χ2v) is 4.87. The minimum atomic E-state index is -0.313. The highest BCUT2D eigenvalue weighted by Gasteiger charge is 2.38. The first-order chi connectivity index (χ1) is 9.14. The summed E-state index contributed by atoms with van der Waals surface area (Å²) in [6.07, 6.45) is 5.74. The number of pyridine rings is 1. The van der Waals surface area contributed by atoms with Crippen LogP contribution in [0.2, 0.25) is 0 Å². The molecule has 1 aromatic rings. The Hall–Kier alpha value is -1.22. The Morgan fingerprint density at radius 3 is 2.05 bits per heavy atom. The van der Waals surface area contributed by atoms with E-state index in [-0.39, 0.29) is 5.54 Å². The number of nitrogens with zero attached hydrogens (tertiary/aromatic N) is 2. The summed E-state index contributed by atoms with van der Waals surface area (Å²) in [5.74, 6) is 0.326. The summed E-state index contributed by atoms with van der Waals surface area (Å²) in [6, 6.07) is 3.85. The topological polar surface area (TPSA) is 33.2 Å². The maximum absolute atomic E-state index is 12.8. The van der Waals surface area contributed by atoms with Gasteiger partial charge in [-0.1, -0.05) is 27.7 Å². The van der Waals surface area contributed by atoms with Crippen molar-refractivity contribution in [3.05, 3.63) is 30.1 Å². The third-order valence-electron chi connectivity index (χ3n) is 4.17. The summed E-state index contributed by atoms with van der Waals surface area (Å²) in [7, 11) is 0. The van der Waals surface area contributed by atoms with Gasteiger partial charge in [-0.25, -0.2) is 0 Å². The first-order valence-electron chi connectivity index (χ1n) is 7.31. The van der Waals surface area contributed by atoms with Crippen LogP contribution in [0.3, 0.4) is 0 Å². The molecule has 0 spiro atoms. The highest BCUT2D eigenvalue weighted by Crippen LogP contribution is 2.26. The summed E-state index contributed by atoms with van der Waals surface area (Å²) in [5, 5.41) is 0. The van der Waals surface area contributed by atoms with Crippen molar-refractivity contribution in [3.63, 3.8) is 0 Å². The van der Waals surface area contributed by atoms with Crippen LogP contribution >= 0.6 is 0 Å². The quantitative estimate of drug-likeness (QED) is 0.722. The number of carbonyl (C=O) groups excluding carboxylic acids is 1. The van der Waals surface area contributed by atoms with E-state index in [1.807, 2.05) is 12.1 Å². The number of carbonyl (C=O) groups is 1. The molecule has 3 heteroatoms. The fourth-order valence-electron chi connectivity index (χ4n) is 2.95. The monoisotopic (exact) mass is 262 g/mol. The smallest absolute Gasteiger partial charge is 0.157 e. The normalized spacial score (nSPS) is 11.8. The molecule has 0 aliphatic carbocycles. The number of ketones is 1. The van der Waals surface area contributed by atoms with Gasteiger partial charge in [0, 0.05) is 18.8 Å². The lowest BCUT2D eigenvalue weighted by molar-refractivity contribution is -0.131. The van der Waals surface area contributed by atoms with E-state index in [2.05, 4.69) is 37.6 Å². The summed E-state index contributed by atoms with van der Waals surface area (Å²) in [6.45, 7) is 10.3. The molecule has 0 atom stereocenters. The van der Waals surface area contributed by atoms with Gasteiger partial charge in [-0.2, -0.15) is 0 Å². The highest BCUT2D eigenvalue weighted by molar-refractivity contribution is 5.90. The second kappa shape index (κ2) is 7.39. The summed E-state index contributed by atoms with van der Waals surface area (Å²) >= 11 is 0. The van der Waals surface area contributed by atoms with Crippen molar-refractivity contribution in [2.45, 2.75) is 52.5 Å². The van der Waals surface area contributed by atoms with Crippen molar-refractivity contribution in [3.8, 4) is 0 Å². The van der Waals surface area contributed by atoms with Gasteiger partial charge in [-0.15, -0.1) is 0 Å². The zero-order valence-corrected chi connectivity index (χ0v) is 12.6. The third-order valence-corrected chi connectivity index (χ3v) is 4.17. The molecule has 1 aromatic heterocycles.